The van der Waals surface area contributed by atoms with Crippen molar-refractivity contribution in [1.29, 1.82) is 0 Å². The molecule has 0 amide bonds. The summed E-state index contributed by atoms with van der Waals surface area (Å²) in [5.41, 5.74) is 0.388. The summed E-state index contributed by atoms with van der Waals surface area (Å²) in [4.78, 5) is 12.0. The van der Waals surface area contributed by atoms with Crippen molar-refractivity contribution in [3.63, 3.8) is 0 Å². The number of Topliss-reactive ketones (excluding diaryl/α,β-unsaturated/α-hetero) is 1. The summed E-state index contributed by atoms with van der Waals surface area (Å²) in [6, 6.07) is 6.62. The van der Waals surface area contributed by atoms with Crippen LogP contribution >= 0.6 is 0 Å². The highest BCUT2D eigenvalue weighted by atomic mass is 16.3. The molecule has 15 heavy (non-hydrogen) atoms. The third-order valence-electron chi connectivity index (χ3n) is 2.74. The van der Waals surface area contributed by atoms with Crippen LogP contribution in [0.4, 0.5) is 0 Å². The maximum absolute atomic E-state index is 12.0. The average Bonchev–Trinajstić information content (AvgIpc) is 2.26. The largest absolute Gasteiger partial charge is 0.507 e. The first-order valence-corrected chi connectivity index (χ1v) is 5.02. The molecule has 0 saturated carbocycles. The molecule has 1 aromatic rings. The van der Waals surface area contributed by atoms with Crippen LogP contribution in [0.2, 0.25) is 0 Å². The number of phenolic OH excluding ortho intramolecular Hbond substituents is 1. The molecule has 0 aliphatic carbocycles. The van der Waals surface area contributed by atoms with Gasteiger partial charge in [0.1, 0.15) is 5.75 Å². The topological polar surface area (TPSA) is 37.3 Å². The SMILES string of the molecule is C=CC(C)C(C)C(=O)c1ccccc1O. The second kappa shape index (κ2) is 4.78. The Balaban J connectivity index is 2.95. The van der Waals surface area contributed by atoms with E-state index in [9.17, 15) is 9.90 Å². The Kier molecular flexibility index (Phi) is 3.67. The Morgan fingerprint density at radius 3 is 2.53 bits per heavy atom. The van der Waals surface area contributed by atoms with Gasteiger partial charge in [0, 0.05) is 5.92 Å². The van der Waals surface area contributed by atoms with Crippen LogP contribution in [0, 0.1) is 11.8 Å². The first kappa shape index (κ1) is 11.5. The van der Waals surface area contributed by atoms with Gasteiger partial charge in [0.05, 0.1) is 5.56 Å². The fraction of sp³-hybridized carbons (Fsp3) is 0.308. The summed E-state index contributed by atoms with van der Waals surface area (Å²) in [6.07, 6.45) is 1.75. The number of rotatable bonds is 4. The predicted octanol–water partition coefficient (Wildman–Crippen LogP) is 3.03. The average molecular weight is 204 g/mol. The molecule has 0 radical (unpaired) electrons. The summed E-state index contributed by atoms with van der Waals surface area (Å²) in [5.74, 6) is -0.0426. The fourth-order valence-electron chi connectivity index (χ4n) is 1.37. The number of phenols is 1. The van der Waals surface area contributed by atoms with Crippen molar-refractivity contribution in [3.8, 4) is 5.75 Å². The number of carbonyl (C=O) groups excluding carboxylic acids is 1. The molecule has 0 fully saturated rings. The van der Waals surface area contributed by atoms with Gasteiger partial charge in [0.2, 0.25) is 0 Å². The van der Waals surface area contributed by atoms with Gasteiger partial charge in [0.15, 0.2) is 5.78 Å². The number of allylic oxidation sites excluding steroid dienone is 1. The summed E-state index contributed by atoms with van der Waals surface area (Å²) in [7, 11) is 0. The lowest BCUT2D eigenvalue weighted by atomic mass is 9.88. The molecule has 0 aliphatic rings. The molecule has 2 heteroatoms. The molecular weight excluding hydrogens is 188 g/mol. The summed E-state index contributed by atoms with van der Waals surface area (Å²) in [5, 5.41) is 9.54. The Labute approximate surface area is 90.3 Å². The van der Waals surface area contributed by atoms with Gasteiger partial charge in [0.25, 0.3) is 0 Å². The van der Waals surface area contributed by atoms with Crippen LogP contribution in [0.15, 0.2) is 36.9 Å². The normalized spacial score (nSPS) is 14.3. The van der Waals surface area contributed by atoms with Crippen molar-refractivity contribution in [1.82, 2.24) is 0 Å². The van der Waals surface area contributed by atoms with Gasteiger partial charge in [-0.05, 0) is 18.1 Å². The molecule has 0 heterocycles. The minimum absolute atomic E-state index is 0.0412. The third kappa shape index (κ3) is 2.46. The van der Waals surface area contributed by atoms with Crippen molar-refractivity contribution in [2.24, 2.45) is 11.8 Å². The first-order chi connectivity index (χ1) is 7.07. The molecule has 1 rings (SSSR count). The number of aromatic hydroxyl groups is 1. The van der Waals surface area contributed by atoms with Crippen LogP contribution in [-0.2, 0) is 0 Å². The third-order valence-corrected chi connectivity index (χ3v) is 2.74. The Bertz CT molecular complexity index is 369. The maximum Gasteiger partial charge on any atom is 0.169 e. The van der Waals surface area contributed by atoms with Crippen molar-refractivity contribution >= 4 is 5.78 Å². The number of ketones is 1. The molecule has 1 N–H and O–H groups in total. The van der Waals surface area contributed by atoms with E-state index in [1.54, 1.807) is 24.3 Å². The highest BCUT2D eigenvalue weighted by molar-refractivity contribution is 6.00. The smallest absolute Gasteiger partial charge is 0.169 e. The van der Waals surface area contributed by atoms with Gasteiger partial charge >= 0.3 is 0 Å². The zero-order valence-electron chi connectivity index (χ0n) is 9.10. The molecule has 1 aromatic carbocycles. The van der Waals surface area contributed by atoms with E-state index < -0.39 is 0 Å². The Hall–Kier alpha value is -1.57. The quantitative estimate of drug-likeness (QED) is 0.604. The molecule has 2 atom stereocenters. The van der Waals surface area contributed by atoms with E-state index in [-0.39, 0.29) is 23.4 Å². The lowest BCUT2D eigenvalue weighted by molar-refractivity contribution is 0.0905. The highest BCUT2D eigenvalue weighted by Crippen LogP contribution is 2.23. The van der Waals surface area contributed by atoms with Gasteiger partial charge in [-0.25, -0.2) is 0 Å². The van der Waals surface area contributed by atoms with Crippen LogP contribution in [0.25, 0.3) is 0 Å². The number of hydrogen-bond acceptors (Lipinski definition) is 2. The molecular formula is C13H16O2. The molecule has 0 bridgehead atoms. The fourth-order valence-corrected chi connectivity index (χ4v) is 1.37. The second-order valence-electron chi connectivity index (χ2n) is 3.76. The summed E-state index contributed by atoms with van der Waals surface area (Å²) < 4.78 is 0. The van der Waals surface area contributed by atoms with Crippen LogP contribution in [0.3, 0.4) is 0 Å². The first-order valence-electron chi connectivity index (χ1n) is 5.02. The van der Waals surface area contributed by atoms with Gasteiger partial charge in [-0.15, -0.1) is 6.58 Å². The minimum atomic E-state index is -0.157. The molecule has 2 nitrogen and oxygen atoms in total. The number of carbonyl (C=O) groups is 1. The van der Waals surface area contributed by atoms with Crippen molar-refractivity contribution in [2.75, 3.05) is 0 Å². The van der Waals surface area contributed by atoms with Crippen LogP contribution in [0.5, 0.6) is 5.75 Å². The molecule has 0 aromatic heterocycles. The van der Waals surface area contributed by atoms with E-state index in [1.807, 2.05) is 13.8 Å². The predicted molar refractivity (Wildman–Crippen MR) is 61.0 cm³/mol. The molecule has 0 saturated heterocycles. The minimum Gasteiger partial charge on any atom is -0.507 e. The molecule has 0 aliphatic heterocycles. The summed E-state index contributed by atoms with van der Waals surface area (Å²) in [6.45, 7) is 7.45. The van der Waals surface area contributed by atoms with Gasteiger partial charge in [-0.2, -0.15) is 0 Å². The summed E-state index contributed by atoms with van der Waals surface area (Å²) >= 11 is 0. The van der Waals surface area contributed by atoms with Gasteiger partial charge < -0.3 is 5.11 Å². The van der Waals surface area contributed by atoms with Crippen LogP contribution < -0.4 is 0 Å². The Morgan fingerprint density at radius 2 is 2.00 bits per heavy atom. The Morgan fingerprint density at radius 1 is 1.40 bits per heavy atom. The van der Waals surface area contributed by atoms with Crippen molar-refractivity contribution in [2.45, 2.75) is 13.8 Å². The standard InChI is InChI=1S/C13H16O2/c1-4-9(2)10(3)13(15)11-7-5-6-8-12(11)14/h4-10,14H,1H2,2-3H3. The van der Waals surface area contributed by atoms with E-state index >= 15 is 0 Å². The van der Waals surface area contributed by atoms with E-state index in [0.717, 1.165) is 0 Å². The zero-order valence-corrected chi connectivity index (χ0v) is 9.10. The lowest BCUT2D eigenvalue weighted by Crippen LogP contribution is -2.17. The van der Waals surface area contributed by atoms with Gasteiger partial charge in [-0.1, -0.05) is 32.1 Å². The van der Waals surface area contributed by atoms with E-state index in [2.05, 4.69) is 6.58 Å². The maximum atomic E-state index is 12.0. The van der Waals surface area contributed by atoms with E-state index in [1.165, 1.54) is 6.07 Å². The van der Waals surface area contributed by atoms with E-state index in [4.69, 9.17) is 0 Å². The van der Waals surface area contributed by atoms with Crippen LogP contribution in [0.1, 0.15) is 24.2 Å². The van der Waals surface area contributed by atoms with Gasteiger partial charge in [-0.3, -0.25) is 4.79 Å². The van der Waals surface area contributed by atoms with E-state index in [0.29, 0.717) is 5.56 Å². The monoisotopic (exact) mass is 204 g/mol. The number of para-hydroxylation sites is 1. The lowest BCUT2D eigenvalue weighted by Gasteiger charge is -2.15. The van der Waals surface area contributed by atoms with Crippen molar-refractivity contribution in [3.05, 3.63) is 42.5 Å². The number of hydrogen-bond donors (Lipinski definition) is 1. The molecule has 80 valence electrons. The molecule has 2 unspecified atom stereocenters. The molecule has 0 spiro atoms. The highest BCUT2D eigenvalue weighted by Gasteiger charge is 2.21. The second-order valence-corrected chi connectivity index (χ2v) is 3.76. The van der Waals surface area contributed by atoms with Crippen LogP contribution in [-0.4, -0.2) is 10.9 Å². The van der Waals surface area contributed by atoms with Crippen molar-refractivity contribution < 1.29 is 9.90 Å². The number of benzene rings is 1. The zero-order chi connectivity index (χ0) is 11.4.